The van der Waals surface area contributed by atoms with Crippen molar-refractivity contribution in [3.63, 3.8) is 0 Å². The molecule has 0 fully saturated rings. The highest BCUT2D eigenvalue weighted by molar-refractivity contribution is 7.90. The molecular formula is C16H13NO5S. The fourth-order valence-corrected chi connectivity index (χ4v) is 3.67. The molecule has 0 amide bonds. The number of hydrogen-bond acceptors (Lipinski definition) is 4. The predicted octanol–water partition coefficient (Wildman–Crippen LogP) is 2.59. The van der Waals surface area contributed by atoms with Crippen molar-refractivity contribution in [3.8, 4) is 5.75 Å². The maximum atomic E-state index is 12.7. The molecule has 7 heteroatoms. The summed E-state index contributed by atoms with van der Waals surface area (Å²) in [6.45, 7) is 0. The highest BCUT2D eigenvalue weighted by Crippen LogP contribution is 2.25. The van der Waals surface area contributed by atoms with Crippen molar-refractivity contribution < 1.29 is 23.1 Å². The topological polar surface area (TPSA) is 85.6 Å². The third-order valence-electron chi connectivity index (χ3n) is 3.52. The lowest BCUT2D eigenvalue weighted by atomic mass is 10.2. The summed E-state index contributed by atoms with van der Waals surface area (Å²) in [6.07, 6.45) is 1.46. The number of fused-ring (bicyclic) bond motifs is 1. The van der Waals surface area contributed by atoms with Crippen LogP contribution >= 0.6 is 0 Å². The van der Waals surface area contributed by atoms with Gasteiger partial charge in [-0.15, -0.1) is 0 Å². The van der Waals surface area contributed by atoms with Crippen molar-refractivity contribution in [3.05, 3.63) is 60.3 Å². The van der Waals surface area contributed by atoms with Crippen LogP contribution in [-0.2, 0) is 10.0 Å². The van der Waals surface area contributed by atoms with E-state index < -0.39 is 16.0 Å². The molecule has 2 aromatic carbocycles. The van der Waals surface area contributed by atoms with Crippen molar-refractivity contribution in [1.82, 2.24) is 3.97 Å². The van der Waals surface area contributed by atoms with Gasteiger partial charge in [-0.05, 0) is 48.5 Å². The quantitative estimate of drug-likeness (QED) is 0.794. The second kappa shape index (κ2) is 5.44. The first-order valence-corrected chi connectivity index (χ1v) is 8.11. The molecule has 0 bridgehead atoms. The van der Waals surface area contributed by atoms with E-state index in [4.69, 9.17) is 9.84 Å². The molecule has 0 aliphatic rings. The lowest BCUT2D eigenvalue weighted by molar-refractivity contribution is 0.0696. The van der Waals surface area contributed by atoms with Crippen molar-refractivity contribution in [2.45, 2.75) is 4.90 Å². The van der Waals surface area contributed by atoms with Crippen molar-refractivity contribution in [1.29, 1.82) is 0 Å². The number of benzene rings is 2. The molecule has 0 aliphatic carbocycles. The van der Waals surface area contributed by atoms with E-state index in [1.807, 2.05) is 0 Å². The molecule has 1 N–H and O–H groups in total. The van der Waals surface area contributed by atoms with Gasteiger partial charge in [-0.25, -0.2) is 17.2 Å². The number of carboxylic acid groups (broad SMARTS) is 1. The SMILES string of the molecule is COc1ccc2c(ccn2S(=O)(=O)c2ccc(C(=O)O)cc2)c1. The van der Waals surface area contributed by atoms with Crippen LogP contribution in [0.3, 0.4) is 0 Å². The van der Waals surface area contributed by atoms with Gasteiger partial charge in [0.25, 0.3) is 10.0 Å². The van der Waals surface area contributed by atoms with Gasteiger partial charge in [-0.2, -0.15) is 0 Å². The van der Waals surface area contributed by atoms with E-state index in [1.54, 1.807) is 31.4 Å². The third-order valence-corrected chi connectivity index (χ3v) is 5.22. The summed E-state index contributed by atoms with van der Waals surface area (Å²) in [4.78, 5) is 10.9. The molecule has 3 rings (SSSR count). The minimum absolute atomic E-state index is 0.0239. The second-order valence-electron chi connectivity index (χ2n) is 4.87. The standard InChI is InChI=1S/C16H13NO5S/c1-22-13-4-7-15-12(10-13)8-9-17(15)23(20,21)14-5-2-11(3-6-14)16(18)19/h2-10H,1H3,(H,18,19). The molecule has 0 radical (unpaired) electrons. The van der Waals surface area contributed by atoms with Crippen LogP contribution in [0.4, 0.5) is 0 Å². The molecule has 0 aliphatic heterocycles. The van der Waals surface area contributed by atoms with Crippen LogP contribution in [0.2, 0.25) is 0 Å². The van der Waals surface area contributed by atoms with E-state index in [0.717, 1.165) is 9.36 Å². The van der Waals surface area contributed by atoms with E-state index >= 15 is 0 Å². The highest BCUT2D eigenvalue weighted by Gasteiger charge is 2.19. The monoisotopic (exact) mass is 331 g/mol. The van der Waals surface area contributed by atoms with E-state index in [9.17, 15) is 13.2 Å². The Morgan fingerprint density at radius 2 is 1.78 bits per heavy atom. The fraction of sp³-hybridized carbons (Fsp3) is 0.0625. The number of aromatic carboxylic acids is 1. The molecule has 6 nitrogen and oxygen atoms in total. The van der Waals surface area contributed by atoms with Gasteiger partial charge >= 0.3 is 5.97 Å². The largest absolute Gasteiger partial charge is 0.497 e. The lowest BCUT2D eigenvalue weighted by Crippen LogP contribution is -2.12. The molecule has 0 spiro atoms. The maximum Gasteiger partial charge on any atom is 0.335 e. The van der Waals surface area contributed by atoms with Crippen LogP contribution in [0.15, 0.2) is 59.6 Å². The normalized spacial score (nSPS) is 11.5. The summed E-state index contributed by atoms with van der Waals surface area (Å²) in [5, 5.41) is 9.62. The Morgan fingerprint density at radius 1 is 1.09 bits per heavy atom. The first-order chi connectivity index (χ1) is 10.9. The molecule has 1 aromatic heterocycles. The Balaban J connectivity index is 2.11. The van der Waals surface area contributed by atoms with Crippen LogP contribution in [0, 0.1) is 0 Å². The van der Waals surface area contributed by atoms with E-state index in [0.29, 0.717) is 11.3 Å². The Morgan fingerprint density at radius 3 is 2.39 bits per heavy atom. The smallest absolute Gasteiger partial charge is 0.335 e. The zero-order valence-electron chi connectivity index (χ0n) is 12.1. The molecular weight excluding hydrogens is 318 g/mol. The van der Waals surface area contributed by atoms with Gasteiger partial charge < -0.3 is 9.84 Å². The molecule has 0 saturated heterocycles. The van der Waals surface area contributed by atoms with Crippen molar-refractivity contribution >= 4 is 26.9 Å². The van der Waals surface area contributed by atoms with Gasteiger partial charge in [0.1, 0.15) is 5.75 Å². The number of hydrogen-bond donors (Lipinski definition) is 1. The molecule has 1 heterocycles. The highest BCUT2D eigenvalue weighted by atomic mass is 32.2. The van der Waals surface area contributed by atoms with Gasteiger partial charge in [0.15, 0.2) is 0 Å². The second-order valence-corrected chi connectivity index (χ2v) is 6.69. The summed E-state index contributed by atoms with van der Waals surface area (Å²) in [7, 11) is -2.26. The Hall–Kier alpha value is -2.80. The number of methoxy groups -OCH3 is 1. The van der Waals surface area contributed by atoms with Gasteiger partial charge in [0, 0.05) is 11.6 Å². The van der Waals surface area contributed by atoms with E-state index in [1.165, 1.54) is 30.5 Å². The number of rotatable bonds is 4. The number of nitrogens with zero attached hydrogens (tertiary/aromatic N) is 1. The van der Waals surface area contributed by atoms with Crippen LogP contribution in [0.1, 0.15) is 10.4 Å². The molecule has 0 saturated carbocycles. The molecule has 0 unspecified atom stereocenters. The third kappa shape index (κ3) is 2.55. The Kier molecular flexibility index (Phi) is 3.57. The first kappa shape index (κ1) is 15.1. The zero-order valence-corrected chi connectivity index (χ0v) is 12.9. The minimum Gasteiger partial charge on any atom is -0.497 e. The lowest BCUT2D eigenvalue weighted by Gasteiger charge is -2.08. The van der Waals surface area contributed by atoms with Crippen LogP contribution in [0.25, 0.3) is 10.9 Å². The summed E-state index contributed by atoms with van der Waals surface area (Å²) in [6, 6.07) is 11.9. The van der Waals surface area contributed by atoms with Crippen LogP contribution in [0.5, 0.6) is 5.75 Å². The average Bonchev–Trinajstić information content (AvgIpc) is 2.98. The Labute approximate surface area is 132 Å². The van der Waals surface area contributed by atoms with E-state index in [-0.39, 0.29) is 10.5 Å². The summed E-state index contributed by atoms with van der Waals surface area (Å²) in [5.74, 6) is -0.467. The number of ether oxygens (including phenoxy) is 1. The van der Waals surface area contributed by atoms with Crippen molar-refractivity contribution in [2.75, 3.05) is 7.11 Å². The number of aromatic nitrogens is 1. The van der Waals surface area contributed by atoms with Gasteiger partial charge in [0.2, 0.25) is 0 Å². The Bertz CT molecular complexity index is 987. The maximum absolute atomic E-state index is 12.7. The number of carbonyl (C=O) groups is 1. The van der Waals surface area contributed by atoms with Crippen LogP contribution < -0.4 is 4.74 Å². The zero-order chi connectivity index (χ0) is 16.6. The summed E-state index contributed by atoms with van der Waals surface area (Å²) >= 11 is 0. The molecule has 23 heavy (non-hydrogen) atoms. The van der Waals surface area contributed by atoms with Crippen molar-refractivity contribution in [2.24, 2.45) is 0 Å². The number of carboxylic acids is 1. The average molecular weight is 331 g/mol. The minimum atomic E-state index is -3.80. The fourth-order valence-electron chi connectivity index (χ4n) is 2.31. The first-order valence-electron chi connectivity index (χ1n) is 6.67. The predicted molar refractivity (Wildman–Crippen MR) is 84.5 cm³/mol. The van der Waals surface area contributed by atoms with Gasteiger partial charge in [-0.3, -0.25) is 0 Å². The van der Waals surface area contributed by atoms with Gasteiger partial charge in [0.05, 0.1) is 23.1 Å². The molecule has 0 atom stereocenters. The van der Waals surface area contributed by atoms with Gasteiger partial charge in [-0.1, -0.05) is 0 Å². The van der Waals surface area contributed by atoms with Crippen LogP contribution in [-0.4, -0.2) is 30.6 Å². The van der Waals surface area contributed by atoms with E-state index in [2.05, 4.69) is 0 Å². The molecule has 118 valence electrons. The molecule has 3 aromatic rings. The summed E-state index contributed by atoms with van der Waals surface area (Å²) < 4.78 is 31.7. The summed E-state index contributed by atoms with van der Waals surface area (Å²) in [5.41, 5.74) is 0.555.